The minimum atomic E-state index is -0.727. The minimum Gasteiger partial charge on any atom is -0.449 e. The predicted molar refractivity (Wildman–Crippen MR) is 140 cm³/mol. The van der Waals surface area contributed by atoms with Crippen molar-refractivity contribution in [1.82, 2.24) is 14.5 Å². The largest absolute Gasteiger partial charge is 0.449 e. The number of nitrogens with zero attached hydrogens (tertiary/aromatic N) is 2. The van der Waals surface area contributed by atoms with Gasteiger partial charge in [0.05, 0.1) is 0 Å². The Morgan fingerprint density at radius 2 is 1.65 bits per heavy atom. The van der Waals surface area contributed by atoms with Crippen LogP contribution >= 0.6 is 0 Å². The van der Waals surface area contributed by atoms with Gasteiger partial charge in [0, 0.05) is 17.1 Å². The molecule has 0 radical (unpaired) electrons. The number of nitrogens with one attached hydrogen (secondary N) is 2. The molecule has 190 valence electrons. The molecular weight excluding hydrogens is 472 g/mol. The standard InChI is InChI=1S/C28H28N4O5/c33-23(30-20-13-12-17-6-5-7-18(17)14-20)15-31-25-21-10-3-4-11-22(21)37-26(25)27(35)32(28(31)36)16-24(34)29-19-8-1-2-9-19/h3-4,10-14,19H,1-2,5-9,15-16H2,(H,29,34)(H,30,33). The number of hydrogen-bond donors (Lipinski definition) is 2. The summed E-state index contributed by atoms with van der Waals surface area (Å²) in [7, 11) is 0. The van der Waals surface area contributed by atoms with E-state index in [2.05, 4.69) is 10.6 Å². The van der Waals surface area contributed by atoms with Crippen molar-refractivity contribution < 1.29 is 14.0 Å². The molecule has 0 saturated heterocycles. The summed E-state index contributed by atoms with van der Waals surface area (Å²) in [6.07, 6.45) is 6.98. The molecule has 1 fully saturated rings. The fourth-order valence-corrected chi connectivity index (χ4v) is 5.66. The van der Waals surface area contributed by atoms with E-state index >= 15 is 0 Å². The highest BCUT2D eigenvalue weighted by Crippen LogP contribution is 2.27. The van der Waals surface area contributed by atoms with Crippen LogP contribution in [0.25, 0.3) is 22.1 Å². The van der Waals surface area contributed by atoms with Crippen molar-refractivity contribution in [3.8, 4) is 0 Å². The molecule has 0 aliphatic heterocycles. The SMILES string of the molecule is O=C(Cn1c(=O)n(CC(=O)NC2CCCC2)c(=O)c2oc3ccccc3c21)Nc1ccc2c(c1)CCC2. The number of aromatic nitrogens is 2. The van der Waals surface area contributed by atoms with Gasteiger partial charge in [-0.05, 0) is 67.5 Å². The van der Waals surface area contributed by atoms with Crippen molar-refractivity contribution in [1.29, 1.82) is 0 Å². The van der Waals surface area contributed by atoms with Crippen molar-refractivity contribution in [3.63, 3.8) is 0 Å². The lowest BCUT2D eigenvalue weighted by Crippen LogP contribution is -2.46. The minimum absolute atomic E-state index is 0.0541. The summed E-state index contributed by atoms with van der Waals surface area (Å²) in [5.74, 6) is -0.817. The maximum Gasteiger partial charge on any atom is 0.332 e. The second-order valence-electron chi connectivity index (χ2n) is 9.97. The first kappa shape index (κ1) is 23.3. The average Bonchev–Trinajstić information content (AvgIpc) is 3.64. The molecule has 4 aromatic rings. The fourth-order valence-electron chi connectivity index (χ4n) is 5.66. The molecule has 1 saturated carbocycles. The van der Waals surface area contributed by atoms with Gasteiger partial charge in [-0.15, -0.1) is 0 Å². The van der Waals surface area contributed by atoms with Crippen molar-refractivity contribution in [2.45, 2.75) is 64.1 Å². The Labute approximate surface area is 212 Å². The van der Waals surface area contributed by atoms with Crippen LogP contribution in [0.4, 0.5) is 5.69 Å². The number of furan rings is 1. The molecule has 2 aliphatic rings. The van der Waals surface area contributed by atoms with Gasteiger partial charge in [0.1, 0.15) is 24.2 Å². The molecule has 6 rings (SSSR count). The van der Waals surface area contributed by atoms with Crippen LogP contribution in [-0.2, 0) is 35.5 Å². The van der Waals surface area contributed by atoms with Gasteiger partial charge in [-0.1, -0.05) is 31.0 Å². The van der Waals surface area contributed by atoms with Crippen molar-refractivity contribution in [2.24, 2.45) is 0 Å². The molecule has 9 nitrogen and oxygen atoms in total. The van der Waals surface area contributed by atoms with Gasteiger partial charge in [0.15, 0.2) is 0 Å². The summed E-state index contributed by atoms with van der Waals surface area (Å²) in [6, 6.07) is 12.9. The van der Waals surface area contributed by atoms with E-state index in [9.17, 15) is 19.2 Å². The number of para-hydroxylation sites is 1. The first-order chi connectivity index (χ1) is 18.0. The molecule has 37 heavy (non-hydrogen) atoms. The Morgan fingerprint density at radius 3 is 2.49 bits per heavy atom. The van der Waals surface area contributed by atoms with E-state index in [0.717, 1.165) is 49.5 Å². The van der Waals surface area contributed by atoms with E-state index in [0.29, 0.717) is 16.7 Å². The number of amides is 2. The van der Waals surface area contributed by atoms with Crippen molar-refractivity contribution >= 4 is 39.6 Å². The quantitative estimate of drug-likeness (QED) is 0.422. The zero-order valence-electron chi connectivity index (χ0n) is 20.4. The summed E-state index contributed by atoms with van der Waals surface area (Å²) in [6.45, 7) is -0.770. The number of anilines is 1. The smallest absolute Gasteiger partial charge is 0.332 e. The zero-order valence-corrected chi connectivity index (χ0v) is 20.4. The third-order valence-electron chi connectivity index (χ3n) is 7.45. The van der Waals surface area contributed by atoms with Crippen molar-refractivity contribution in [3.05, 3.63) is 74.4 Å². The maximum atomic E-state index is 13.6. The lowest BCUT2D eigenvalue weighted by atomic mass is 10.1. The normalized spacial score (nSPS) is 15.4. The summed E-state index contributed by atoms with van der Waals surface area (Å²) >= 11 is 0. The summed E-state index contributed by atoms with van der Waals surface area (Å²) < 4.78 is 7.92. The number of rotatable bonds is 6. The monoisotopic (exact) mass is 500 g/mol. The molecule has 2 aliphatic carbocycles. The van der Waals surface area contributed by atoms with Gasteiger partial charge < -0.3 is 15.1 Å². The van der Waals surface area contributed by atoms with Crippen LogP contribution < -0.4 is 21.9 Å². The first-order valence-electron chi connectivity index (χ1n) is 12.8. The molecule has 9 heteroatoms. The van der Waals surface area contributed by atoms with Gasteiger partial charge in [0.2, 0.25) is 17.4 Å². The van der Waals surface area contributed by atoms with Crippen LogP contribution in [0.15, 0.2) is 56.5 Å². The van der Waals surface area contributed by atoms with Crippen LogP contribution in [0, 0.1) is 0 Å². The molecule has 2 amide bonds. The van der Waals surface area contributed by atoms with E-state index in [1.54, 1.807) is 24.3 Å². The van der Waals surface area contributed by atoms with Gasteiger partial charge in [-0.3, -0.25) is 19.0 Å². The van der Waals surface area contributed by atoms with Crippen molar-refractivity contribution in [2.75, 3.05) is 5.32 Å². The summed E-state index contributed by atoms with van der Waals surface area (Å²) in [5, 5.41) is 6.35. The van der Waals surface area contributed by atoms with E-state index in [4.69, 9.17) is 4.42 Å². The lowest BCUT2D eigenvalue weighted by Gasteiger charge is -2.14. The van der Waals surface area contributed by atoms with Crippen LogP contribution in [0.5, 0.6) is 0 Å². The molecular formula is C28H28N4O5. The molecule has 2 aromatic carbocycles. The van der Waals surface area contributed by atoms with Crippen LogP contribution in [0.1, 0.15) is 43.2 Å². The third-order valence-corrected chi connectivity index (χ3v) is 7.45. The lowest BCUT2D eigenvalue weighted by molar-refractivity contribution is -0.122. The van der Waals surface area contributed by atoms with Gasteiger partial charge in [0.25, 0.3) is 5.56 Å². The van der Waals surface area contributed by atoms with Gasteiger partial charge in [-0.25, -0.2) is 9.36 Å². The van der Waals surface area contributed by atoms with Gasteiger partial charge in [-0.2, -0.15) is 0 Å². The molecule has 2 heterocycles. The second-order valence-corrected chi connectivity index (χ2v) is 9.97. The van der Waals surface area contributed by atoms with E-state index in [-0.39, 0.29) is 23.7 Å². The molecule has 0 spiro atoms. The van der Waals surface area contributed by atoms with E-state index in [1.807, 2.05) is 18.2 Å². The average molecular weight is 501 g/mol. The Hall–Kier alpha value is -4.14. The number of carbonyl (C=O) groups is 2. The highest BCUT2D eigenvalue weighted by Gasteiger charge is 2.24. The third kappa shape index (κ3) is 4.34. The van der Waals surface area contributed by atoms with Crippen LogP contribution in [0.2, 0.25) is 0 Å². The number of hydrogen-bond acceptors (Lipinski definition) is 5. The molecule has 0 bridgehead atoms. The molecule has 0 unspecified atom stereocenters. The maximum absolute atomic E-state index is 13.6. The summed E-state index contributed by atoms with van der Waals surface area (Å²) in [5.41, 5.74) is 2.39. The second kappa shape index (κ2) is 9.38. The highest BCUT2D eigenvalue weighted by atomic mass is 16.3. The molecule has 2 aromatic heterocycles. The Morgan fingerprint density at radius 1 is 0.892 bits per heavy atom. The zero-order chi connectivity index (χ0) is 25.5. The van der Waals surface area contributed by atoms with Crippen LogP contribution in [-0.4, -0.2) is 27.0 Å². The Balaban J connectivity index is 1.37. The topological polar surface area (TPSA) is 115 Å². The van der Waals surface area contributed by atoms with Gasteiger partial charge >= 0.3 is 5.69 Å². The predicted octanol–water partition coefficient (Wildman–Crippen LogP) is 3.10. The first-order valence-corrected chi connectivity index (χ1v) is 12.8. The van der Waals surface area contributed by atoms with Crippen LogP contribution in [0.3, 0.4) is 0 Å². The fraction of sp³-hybridized carbons (Fsp3) is 0.357. The number of carbonyl (C=O) groups excluding carboxylic acids is 2. The highest BCUT2D eigenvalue weighted by molar-refractivity contribution is 6.03. The number of aryl methyl sites for hydroxylation is 2. The number of benzene rings is 2. The Bertz CT molecular complexity index is 1660. The van der Waals surface area contributed by atoms with E-state index < -0.39 is 29.6 Å². The number of fused-ring (bicyclic) bond motifs is 4. The van der Waals surface area contributed by atoms with E-state index in [1.165, 1.54) is 15.7 Å². The molecule has 0 atom stereocenters. The molecule has 2 N–H and O–H groups in total. The Kier molecular flexibility index (Phi) is 5.90. The summed E-state index contributed by atoms with van der Waals surface area (Å²) in [4.78, 5) is 52.7.